The molecule has 0 radical (unpaired) electrons. The number of rotatable bonds is 41. The molecule has 13 heteroatoms. The van der Waals surface area contributed by atoms with E-state index in [9.17, 15) is 28.9 Å². The highest BCUT2D eigenvalue weighted by molar-refractivity contribution is 7.47. The summed E-state index contributed by atoms with van der Waals surface area (Å²) in [7, 11) is -4.77. The van der Waals surface area contributed by atoms with Crippen molar-refractivity contribution in [2.24, 2.45) is 5.73 Å². The lowest BCUT2D eigenvalue weighted by Crippen LogP contribution is -2.34. The maximum atomic E-state index is 12.6. The number of aliphatic hydroxyl groups excluding tert-OH is 1. The number of aliphatic carboxylic acids is 1. The van der Waals surface area contributed by atoms with Crippen molar-refractivity contribution < 1.29 is 52.6 Å². The molecule has 0 aromatic heterocycles. The third kappa shape index (κ3) is 40.3. The average molecular weight is 854 g/mol. The summed E-state index contributed by atoms with van der Waals surface area (Å²) in [6.45, 7) is 2.57. The van der Waals surface area contributed by atoms with Crippen LogP contribution in [0.1, 0.15) is 174 Å². The molecule has 5 N–H and O–H groups in total. The second-order valence-corrected chi connectivity index (χ2v) is 16.5. The molecule has 0 aromatic carbocycles. The van der Waals surface area contributed by atoms with Gasteiger partial charge >= 0.3 is 25.7 Å². The lowest BCUT2D eigenvalue weighted by Gasteiger charge is -2.20. The number of nitrogens with two attached hydrogens (primary N) is 1. The fourth-order valence-electron chi connectivity index (χ4n) is 5.75. The van der Waals surface area contributed by atoms with Crippen molar-refractivity contribution in [3.05, 3.63) is 60.8 Å². The number of hydrogen-bond donors (Lipinski definition) is 4. The van der Waals surface area contributed by atoms with Crippen molar-refractivity contribution >= 4 is 25.7 Å². The van der Waals surface area contributed by atoms with Crippen LogP contribution < -0.4 is 5.73 Å². The first kappa shape index (κ1) is 56.1. The van der Waals surface area contributed by atoms with Crippen LogP contribution in [-0.4, -0.2) is 71.1 Å². The van der Waals surface area contributed by atoms with E-state index in [4.69, 9.17) is 24.8 Å². The van der Waals surface area contributed by atoms with Crippen LogP contribution >= 0.6 is 7.82 Å². The summed E-state index contributed by atoms with van der Waals surface area (Å²) < 4.78 is 32.6. The number of allylic oxidation sites excluding steroid dienone is 9. The first-order chi connectivity index (χ1) is 28.5. The number of phosphoric acid groups is 1. The molecule has 340 valence electrons. The van der Waals surface area contributed by atoms with Crippen molar-refractivity contribution in [2.45, 2.75) is 193 Å². The number of unbranched alkanes of at least 4 members (excludes halogenated alkanes) is 16. The van der Waals surface area contributed by atoms with Crippen LogP contribution in [0.5, 0.6) is 0 Å². The van der Waals surface area contributed by atoms with Gasteiger partial charge in [0.1, 0.15) is 12.6 Å². The van der Waals surface area contributed by atoms with Crippen molar-refractivity contribution in [3.63, 3.8) is 0 Å². The molecule has 0 aliphatic carbocycles. The largest absolute Gasteiger partial charge is 0.480 e. The van der Waals surface area contributed by atoms with E-state index in [-0.39, 0.29) is 12.8 Å². The molecule has 12 nitrogen and oxygen atoms in total. The van der Waals surface area contributed by atoms with E-state index in [2.05, 4.69) is 54.8 Å². The van der Waals surface area contributed by atoms with E-state index in [1.165, 1.54) is 77.0 Å². The number of carbonyl (C=O) groups is 3. The van der Waals surface area contributed by atoms with Gasteiger partial charge in [0.2, 0.25) is 0 Å². The number of carboxylic acids is 1. The molecule has 59 heavy (non-hydrogen) atoms. The van der Waals surface area contributed by atoms with Crippen LogP contribution in [0, 0.1) is 0 Å². The van der Waals surface area contributed by atoms with Gasteiger partial charge in [-0.2, -0.15) is 0 Å². The predicted octanol–water partition coefficient (Wildman–Crippen LogP) is 10.9. The van der Waals surface area contributed by atoms with Crippen molar-refractivity contribution in [3.8, 4) is 0 Å². The Morgan fingerprint density at radius 2 is 1.10 bits per heavy atom. The maximum Gasteiger partial charge on any atom is 0.472 e. The average Bonchev–Trinajstić information content (AvgIpc) is 3.20. The Kier molecular flexibility index (Phi) is 38.6. The van der Waals surface area contributed by atoms with Gasteiger partial charge in [0.25, 0.3) is 0 Å². The normalized spacial score (nSPS) is 14.8. The molecule has 0 rings (SSSR count). The lowest BCUT2D eigenvalue weighted by atomic mass is 10.1. The second-order valence-electron chi connectivity index (χ2n) is 15.0. The molecule has 0 aliphatic rings. The minimum atomic E-state index is -4.77. The monoisotopic (exact) mass is 854 g/mol. The van der Waals surface area contributed by atoms with Gasteiger partial charge in [-0.3, -0.25) is 23.4 Å². The van der Waals surface area contributed by atoms with Gasteiger partial charge in [-0.05, 0) is 70.6 Å². The van der Waals surface area contributed by atoms with E-state index in [0.717, 1.165) is 51.4 Å². The molecule has 0 heterocycles. The molecule has 0 spiro atoms. The topological polar surface area (TPSA) is 192 Å². The minimum Gasteiger partial charge on any atom is -0.480 e. The molecule has 0 aromatic rings. The highest BCUT2D eigenvalue weighted by Gasteiger charge is 2.28. The maximum absolute atomic E-state index is 12.6. The predicted molar refractivity (Wildman–Crippen MR) is 237 cm³/mol. The van der Waals surface area contributed by atoms with Gasteiger partial charge < -0.3 is 30.3 Å². The lowest BCUT2D eigenvalue weighted by molar-refractivity contribution is -0.161. The van der Waals surface area contributed by atoms with Crippen LogP contribution in [-0.2, 0) is 37.5 Å². The Morgan fingerprint density at radius 3 is 1.73 bits per heavy atom. The van der Waals surface area contributed by atoms with E-state index in [1.807, 2.05) is 12.2 Å². The highest BCUT2D eigenvalue weighted by Crippen LogP contribution is 2.43. The second kappa shape index (κ2) is 40.5. The molecule has 4 atom stereocenters. The van der Waals surface area contributed by atoms with Crippen molar-refractivity contribution in [1.29, 1.82) is 0 Å². The fraction of sp³-hybridized carbons (Fsp3) is 0.717. The summed E-state index contributed by atoms with van der Waals surface area (Å²) in [6, 6.07) is -1.55. The Hall–Kier alpha value is -2.86. The zero-order valence-electron chi connectivity index (χ0n) is 36.4. The first-order valence-electron chi connectivity index (χ1n) is 22.4. The number of carbonyl (C=O) groups excluding carboxylic acids is 2. The standard InChI is InChI=1S/C46H80NO11P/c1-3-5-7-9-11-13-15-17-18-19-20-22-24-26-28-30-32-36-45(50)58-42(39-56-59(53,54)57-40-43(47)46(51)52)38-55-44(49)37-33-35-41(48)34-31-29-27-25-23-21-16-14-12-10-8-6-4-2/h12,14,17-18,21,23,27,29,31,34,41-43,48H,3-11,13,15-16,19-20,22,24-26,28,30,32-33,35-40,47H2,1-2H3,(H,51,52)(H,53,54)/b14-12-,18-17-,23-21-,29-27-,34-31+/t41-,42-,43+/m1/s1. The van der Waals surface area contributed by atoms with Crippen LogP contribution in [0.25, 0.3) is 0 Å². The number of ether oxygens (including phenoxy) is 2. The van der Waals surface area contributed by atoms with E-state index in [1.54, 1.807) is 12.2 Å². The zero-order chi connectivity index (χ0) is 43.7. The van der Waals surface area contributed by atoms with Gasteiger partial charge in [-0.15, -0.1) is 0 Å². The zero-order valence-corrected chi connectivity index (χ0v) is 37.3. The van der Waals surface area contributed by atoms with Gasteiger partial charge in [-0.1, -0.05) is 152 Å². The third-order valence-corrected chi connectivity index (χ3v) is 10.3. The fourth-order valence-corrected chi connectivity index (χ4v) is 6.53. The Labute approximate surface area is 356 Å². The smallest absolute Gasteiger partial charge is 0.472 e. The van der Waals surface area contributed by atoms with Gasteiger partial charge in [0.05, 0.1) is 19.3 Å². The molecular formula is C46H80NO11P. The number of carboxylic acid groups (broad SMARTS) is 1. The molecule has 0 fully saturated rings. The minimum absolute atomic E-state index is 0.00918. The van der Waals surface area contributed by atoms with E-state index in [0.29, 0.717) is 19.3 Å². The third-order valence-electron chi connectivity index (χ3n) is 9.34. The molecule has 0 saturated heterocycles. The Morgan fingerprint density at radius 1 is 0.610 bits per heavy atom. The summed E-state index contributed by atoms with van der Waals surface area (Å²) in [5, 5.41) is 19.1. The Bertz CT molecular complexity index is 1250. The number of aliphatic hydroxyl groups is 1. The van der Waals surface area contributed by atoms with Crippen LogP contribution in [0.4, 0.5) is 0 Å². The highest BCUT2D eigenvalue weighted by atomic mass is 31.2. The van der Waals surface area contributed by atoms with Crippen molar-refractivity contribution in [1.82, 2.24) is 0 Å². The van der Waals surface area contributed by atoms with Crippen molar-refractivity contribution in [2.75, 3.05) is 19.8 Å². The number of hydrogen-bond acceptors (Lipinski definition) is 10. The first-order valence-corrected chi connectivity index (χ1v) is 23.9. The van der Waals surface area contributed by atoms with E-state index >= 15 is 0 Å². The summed E-state index contributed by atoms with van der Waals surface area (Å²) in [4.78, 5) is 46.0. The molecule has 0 aliphatic heterocycles. The number of esters is 2. The number of phosphoric ester groups is 1. The summed E-state index contributed by atoms with van der Waals surface area (Å²) in [6.07, 6.45) is 43.1. The molecule has 0 saturated carbocycles. The SMILES string of the molecule is CCCCC/C=C\C/C=C\C/C=C\C=C\[C@@H](O)CCCC(=O)OC[C@H](COP(=O)(O)OC[C@H](N)C(=O)O)OC(=O)CCCCCCCCC/C=C\CCCCCCCC. The molecule has 0 bridgehead atoms. The summed E-state index contributed by atoms with van der Waals surface area (Å²) >= 11 is 0. The van der Waals surface area contributed by atoms with Gasteiger partial charge in [0.15, 0.2) is 6.10 Å². The van der Waals surface area contributed by atoms with Crippen LogP contribution in [0.2, 0.25) is 0 Å². The summed E-state index contributed by atoms with van der Waals surface area (Å²) in [5.41, 5.74) is 5.32. The summed E-state index contributed by atoms with van der Waals surface area (Å²) in [5.74, 6) is -2.61. The molecular weight excluding hydrogens is 773 g/mol. The molecule has 0 amide bonds. The van der Waals surface area contributed by atoms with E-state index < -0.39 is 63.8 Å². The quantitative estimate of drug-likeness (QED) is 0.0150. The molecule has 1 unspecified atom stereocenters. The van der Waals surface area contributed by atoms with Crippen LogP contribution in [0.15, 0.2) is 60.8 Å². The van der Waals surface area contributed by atoms with Gasteiger partial charge in [-0.25, -0.2) is 4.57 Å². The Balaban J connectivity index is 4.54. The van der Waals surface area contributed by atoms with Gasteiger partial charge in [0, 0.05) is 12.8 Å². The van der Waals surface area contributed by atoms with Crippen LogP contribution in [0.3, 0.4) is 0 Å².